The molecule has 0 atom stereocenters. The van der Waals surface area contributed by atoms with Gasteiger partial charge in [0.2, 0.25) is 15.9 Å². The van der Waals surface area contributed by atoms with E-state index in [9.17, 15) is 13.2 Å². The molecule has 1 saturated heterocycles. The standard InChI is InChI=1S/C22H26N2O4S/c1-28-21-8-4-3-7-18(21)16-22(25)24-14-11-17-15-19(9-10-20(17)24)29(26,27)23-12-5-2-6-13-23/h3-4,7-10,15H,2,5-6,11-14,16H2,1H3. The van der Waals surface area contributed by atoms with Gasteiger partial charge in [0.25, 0.3) is 0 Å². The molecular formula is C22H26N2O4S. The van der Waals surface area contributed by atoms with Crippen molar-refractivity contribution in [2.45, 2.75) is 37.0 Å². The first-order valence-corrected chi connectivity index (χ1v) is 11.5. The van der Waals surface area contributed by atoms with Gasteiger partial charge in [-0.05, 0) is 49.1 Å². The maximum Gasteiger partial charge on any atom is 0.243 e. The molecule has 2 aliphatic rings. The second kappa shape index (κ2) is 8.16. The van der Waals surface area contributed by atoms with Crippen LogP contribution in [0.2, 0.25) is 0 Å². The molecule has 4 rings (SSSR count). The van der Waals surface area contributed by atoms with Crippen molar-refractivity contribution in [3.63, 3.8) is 0 Å². The van der Waals surface area contributed by atoms with Crippen molar-refractivity contribution in [3.05, 3.63) is 53.6 Å². The van der Waals surface area contributed by atoms with Crippen LogP contribution in [0, 0.1) is 0 Å². The molecule has 0 radical (unpaired) electrons. The Morgan fingerprint density at radius 3 is 2.55 bits per heavy atom. The minimum Gasteiger partial charge on any atom is -0.496 e. The van der Waals surface area contributed by atoms with E-state index in [2.05, 4.69) is 0 Å². The van der Waals surface area contributed by atoms with Gasteiger partial charge in [0.05, 0.1) is 18.4 Å². The molecule has 2 aliphatic heterocycles. The maximum absolute atomic E-state index is 12.9. The SMILES string of the molecule is COc1ccccc1CC(=O)N1CCc2cc(S(=O)(=O)N3CCCCC3)ccc21. The van der Waals surface area contributed by atoms with Crippen LogP contribution in [0.5, 0.6) is 5.75 Å². The highest BCUT2D eigenvalue weighted by Gasteiger charge is 2.30. The summed E-state index contributed by atoms with van der Waals surface area (Å²) in [6, 6.07) is 12.7. The monoisotopic (exact) mass is 414 g/mol. The molecule has 0 N–H and O–H groups in total. The molecule has 0 spiro atoms. The zero-order chi connectivity index (χ0) is 20.4. The molecule has 6 nitrogen and oxygen atoms in total. The van der Waals surface area contributed by atoms with Crippen molar-refractivity contribution < 1.29 is 17.9 Å². The Balaban J connectivity index is 1.54. The average Bonchev–Trinajstić information content (AvgIpc) is 3.18. The van der Waals surface area contributed by atoms with E-state index in [1.807, 2.05) is 24.3 Å². The van der Waals surface area contributed by atoms with Gasteiger partial charge in [-0.15, -0.1) is 0 Å². The second-order valence-electron chi connectivity index (χ2n) is 7.54. The molecule has 29 heavy (non-hydrogen) atoms. The fourth-order valence-corrected chi connectivity index (χ4v) is 5.73. The molecule has 0 unspecified atom stereocenters. The van der Waals surface area contributed by atoms with Gasteiger partial charge in [0.15, 0.2) is 0 Å². The lowest BCUT2D eigenvalue weighted by atomic mass is 10.1. The smallest absolute Gasteiger partial charge is 0.243 e. The van der Waals surface area contributed by atoms with Gasteiger partial charge in [0.1, 0.15) is 5.75 Å². The molecule has 2 aromatic carbocycles. The maximum atomic E-state index is 12.9. The number of hydrogen-bond acceptors (Lipinski definition) is 4. The van der Waals surface area contributed by atoms with E-state index in [1.165, 1.54) is 0 Å². The topological polar surface area (TPSA) is 66.9 Å². The van der Waals surface area contributed by atoms with E-state index < -0.39 is 10.0 Å². The number of amides is 1. The number of rotatable bonds is 5. The molecule has 0 saturated carbocycles. The van der Waals surface area contributed by atoms with E-state index in [0.29, 0.717) is 36.7 Å². The zero-order valence-corrected chi connectivity index (χ0v) is 17.5. The fraction of sp³-hybridized carbons (Fsp3) is 0.409. The summed E-state index contributed by atoms with van der Waals surface area (Å²) in [6.45, 7) is 1.74. The van der Waals surface area contributed by atoms with Gasteiger partial charge in [-0.2, -0.15) is 4.31 Å². The number of anilines is 1. The van der Waals surface area contributed by atoms with Crippen molar-refractivity contribution in [2.24, 2.45) is 0 Å². The third-order valence-corrected chi connectivity index (χ3v) is 7.63. The fourth-order valence-electron chi connectivity index (χ4n) is 4.16. The lowest BCUT2D eigenvalue weighted by Crippen LogP contribution is -2.35. The summed E-state index contributed by atoms with van der Waals surface area (Å²) >= 11 is 0. The van der Waals surface area contributed by atoms with Crippen molar-refractivity contribution in [1.29, 1.82) is 0 Å². The number of carbonyl (C=O) groups is 1. The van der Waals surface area contributed by atoms with Gasteiger partial charge in [0, 0.05) is 30.9 Å². The number of benzene rings is 2. The third-order valence-electron chi connectivity index (χ3n) is 5.73. The van der Waals surface area contributed by atoms with Crippen molar-refractivity contribution in [1.82, 2.24) is 4.31 Å². The third kappa shape index (κ3) is 3.89. The Morgan fingerprint density at radius 2 is 1.79 bits per heavy atom. The average molecular weight is 415 g/mol. The summed E-state index contributed by atoms with van der Waals surface area (Å²) in [5.74, 6) is 0.683. The highest BCUT2D eigenvalue weighted by atomic mass is 32.2. The molecular weight excluding hydrogens is 388 g/mol. The Morgan fingerprint density at radius 1 is 1.03 bits per heavy atom. The first kappa shape index (κ1) is 19.9. The largest absolute Gasteiger partial charge is 0.496 e. The minimum atomic E-state index is -3.47. The van der Waals surface area contributed by atoms with Crippen molar-refractivity contribution >= 4 is 21.6 Å². The summed E-state index contributed by atoms with van der Waals surface area (Å²) < 4.78 is 32.8. The minimum absolute atomic E-state index is 0.0140. The number of para-hydroxylation sites is 1. The number of piperidine rings is 1. The lowest BCUT2D eigenvalue weighted by molar-refractivity contribution is -0.117. The number of sulfonamides is 1. The first-order valence-electron chi connectivity index (χ1n) is 10.1. The van der Waals surface area contributed by atoms with Crippen molar-refractivity contribution in [2.75, 3.05) is 31.6 Å². The predicted molar refractivity (Wildman–Crippen MR) is 112 cm³/mol. The van der Waals surface area contributed by atoms with E-state index in [4.69, 9.17) is 4.74 Å². The number of hydrogen-bond donors (Lipinski definition) is 0. The van der Waals surface area contributed by atoms with Gasteiger partial charge in [-0.25, -0.2) is 8.42 Å². The van der Waals surface area contributed by atoms with E-state index in [-0.39, 0.29) is 12.3 Å². The Hall–Kier alpha value is -2.38. The van der Waals surface area contributed by atoms with Crippen LogP contribution in [0.3, 0.4) is 0 Å². The summed E-state index contributed by atoms with van der Waals surface area (Å²) in [5, 5.41) is 0. The Labute approximate surface area is 172 Å². The highest BCUT2D eigenvalue weighted by molar-refractivity contribution is 7.89. The summed E-state index contributed by atoms with van der Waals surface area (Å²) in [5.41, 5.74) is 2.57. The molecule has 1 amide bonds. The van der Waals surface area contributed by atoms with Gasteiger partial charge >= 0.3 is 0 Å². The Kier molecular flexibility index (Phi) is 5.61. The molecule has 2 aromatic rings. The van der Waals surface area contributed by atoms with E-state index in [0.717, 1.165) is 36.1 Å². The second-order valence-corrected chi connectivity index (χ2v) is 9.48. The summed E-state index contributed by atoms with van der Waals surface area (Å²) in [7, 11) is -1.87. The molecule has 7 heteroatoms. The van der Waals surface area contributed by atoms with Crippen molar-refractivity contribution in [3.8, 4) is 5.75 Å². The van der Waals surface area contributed by atoms with Gasteiger partial charge in [-0.3, -0.25) is 4.79 Å². The lowest BCUT2D eigenvalue weighted by Gasteiger charge is -2.26. The van der Waals surface area contributed by atoms with Crippen LogP contribution in [0.4, 0.5) is 5.69 Å². The van der Waals surface area contributed by atoms with Crippen LogP contribution < -0.4 is 9.64 Å². The number of fused-ring (bicyclic) bond motifs is 1. The number of carbonyl (C=O) groups excluding carboxylic acids is 1. The van der Waals surface area contributed by atoms with Crippen LogP contribution in [-0.4, -0.2) is 45.4 Å². The number of methoxy groups -OCH3 is 1. The molecule has 2 heterocycles. The summed E-state index contributed by atoms with van der Waals surface area (Å²) in [4.78, 5) is 15.0. The Bertz CT molecular complexity index is 1010. The normalized spacial score (nSPS) is 17.2. The van der Waals surface area contributed by atoms with Gasteiger partial charge < -0.3 is 9.64 Å². The van der Waals surface area contributed by atoms with Crippen LogP contribution in [-0.2, 0) is 27.7 Å². The van der Waals surface area contributed by atoms with Crippen LogP contribution in [0.15, 0.2) is 47.4 Å². The van der Waals surface area contributed by atoms with E-state index in [1.54, 1.807) is 34.5 Å². The molecule has 0 aromatic heterocycles. The van der Waals surface area contributed by atoms with Crippen LogP contribution >= 0.6 is 0 Å². The van der Waals surface area contributed by atoms with E-state index >= 15 is 0 Å². The zero-order valence-electron chi connectivity index (χ0n) is 16.6. The molecule has 1 fully saturated rings. The number of nitrogens with zero attached hydrogens (tertiary/aromatic N) is 2. The first-order chi connectivity index (χ1) is 14.0. The predicted octanol–water partition coefficient (Wildman–Crippen LogP) is 3.00. The quantitative estimate of drug-likeness (QED) is 0.754. The highest BCUT2D eigenvalue weighted by Crippen LogP contribution is 2.32. The van der Waals surface area contributed by atoms with Crippen LogP contribution in [0.25, 0.3) is 0 Å². The molecule has 154 valence electrons. The van der Waals surface area contributed by atoms with Crippen LogP contribution in [0.1, 0.15) is 30.4 Å². The van der Waals surface area contributed by atoms with Gasteiger partial charge in [-0.1, -0.05) is 24.6 Å². The summed E-state index contributed by atoms with van der Waals surface area (Å²) in [6.07, 6.45) is 3.82. The number of ether oxygens (including phenoxy) is 1. The molecule has 0 aliphatic carbocycles. The molecule has 0 bridgehead atoms.